The van der Waals surface area contributed by atoms with Gasteiger partial charge in [0.2, 0.25) is 5.88 Å². The van der Waals surface area contributed by atoms with Crippen molar-refractivity contribution < 1.29 is 9.47 Å². The highest BCUT2D eigenvalue weighted by Gasteiger charge is 2.23. The first-order valence-corrected chi connectivity index (χ1v) is 10.6. The number of pyridine rings is 1. The van der Waals surface area contributed by atoms with E-state index in [4.69, 9.17) is 9.47 Å². The SMILES string of the molecule is CN=C(NCc1ccc(OCCOC)nc1)NCC(c1ccccc1)N1CCCC1.I. The minimum absolute atomic E-state index is 0. The lowest BCUT2D eigenvalue weighted by Crippen LogP contribution is -2.42. The molecular formula is C23H34IN5O2. The summed E-state index contributed by atoms with van der Waals surface area (Å²) in [5.41, 5.74) is 2.41. The van der Waals surface area contributed by atoms with E-state index in [1.165, 1.54) is 18.4 Å². The molecule has 2 N–H and O–H groups in total. The van der Waals surface area contributed by atoms with Crippen LogP contribution in [-0.2, 0) is 11.3 Å². The van der Waals surface area contributed by atoms with E-state index >= 15 is 0 Å². The van der Waals surface area contributed by atoms with Gasteiger partial charge in [-0.1, -0.05) is 36.4 Å². The fraction of sp³-hybridized carbons (Fsp3) is 0.478. The van der Waals surface area contributed by atoms with Gasteiger partial charge in [-0.3, -0.25) is 9.89 Å². The second kappa shape index (κ2) is 14.2. The molecular weight excluding hydrogens is 505 g/mol. The Morgan fingerprint density at radius 2 is 1.87 bits per heavy atom. The van der Waals surface area contributed by atoms with E-state index in [0.717, 1.165) is 31.2 Å². The second-order valence-electron chi connectivity index (χ2n) is 7.32. The van der Waals surface area contributed by atoms with Crippen LogP contribution >= 0.6 is 24.0 Å². The van der Waals surface area contributed by atoms with Gasteiger partial charge in [-0.2, -0.15) is 0 Å². The van der Waals surface area contributed by atoms with Gasteiger partial charge < -0.3 is 20.1 Å². The van der Waals surface area contributed by atoms with E-state index < -0.39 is 0 Å². The molecule has 1 aliphatic rings. The third-order valence-corrected chi connectivity index (χ3v) is 5.25. The molecule has 0 aliphatic carbocycles. The molecule has 31 heavy (non-hydrogen) atoms. The van der Waals surface area contributed by atoms with Gasteiger partial charge in [-0.25, -0.2) is 4.98 Å². The molecule has 8 heteroatoms. The molecule has 1 fully saturated rings. The number of likely N-dealkylation sites (tertiary alicyclic amines) is 1. The summed E-state index contributed by atoms with van der Waals surface area (Å²) < 4.78 is 10.5. The summed E-state index contributed by atoms with van der Waals surface area (Å²) in [7, 11) is 3.45. The Morgan fingerprint density at radius 3 is 2.52 bits per heavy atom. The first kappa shape index (κ1) is 25.4. The standard InChI is InChI=1S/C23H33N5O2.HI/c1-24-23(26-17-19-10-11-22(25-16-19)30-15-14-29-2)27-18-21(28-12-6-7-13-28)20-8-4-3-5-9-20;/h3-5,8-11,16,21H,6-7,12-15,17-18H2,1-2H3,(H2,24,26,27);1H. The number of aromatic nitrogens is 1. The van der Waals surface area contributed by atoms with Gasteiger partial charge in [0.15, 0.2) is 5.96 Å². The van der Waals surface area contributed by atoms with E-state index in [2.05, 4.69) is 55.8 Å². The zero-order chi connectivity index (χ0) is 21.0. The Morgan fingerprint density at radius 1 is 1.10 bits per heavy atom. The average molecular weight is 539 g/mol. The van der Waals surface area contributed by atoms with Crippen LogP contribution in [0.2, 0.25) is 0 Å². The zero-order valence-corrected chi connectivity index (χ0v) is 20.7. The molecule has 1 aromatic carbocycles. The van der Waals surface area contributed by atoms with Crippen LogP contribution in [0.5, 0.6) is 5.88 Å². The number of nitrogens with one attached hydrogen (secondary N) is 2. The third kappa shape index (κ3) is 8.27. The number of aliphatic imine (C=N–C) groups is 1. The maximum atomic E-state index is 5.51. The van der Waals surface area contributed by atoms with Gasteiger partial charge in [-0.05, 0) is 37.1 Å². The highest BCUT2D eigenvalue weighted by Crippen LogP contribution is 2.24. The number of rotatable bonds is 10. The van der Waals surface area contributed by atoms with Crippen LogP contribution in [0.1, 0.15) is 30.0 Å². The largest absolute Gasteiger partial charge is 0.475 e. The highest BCUT2D eigenvalue weighted by atomic mass is 127. The summed E-state index contributed by atoms with van der Waals surface area (Å²) in [6.07, 6.45) is 4.36. The van der Waals surface area contributed by atoms with E-state index in [1.54, 1.807) is 14.2 Å². The minimum atomic E-state index is 0. The topological polar surface area (TPSA) is 71.0 Å². The summed E-state index contributed by atoms with van der Waals surface area (Å²) in [5.74, 6) is 1.39. The van der Waals surface area contributed by atoms with Crippen LogP contribution in [0.25, 0.3) is 0 Å². The summed E-state index contributed by atoms with van der Waals surface area (Å²) in [5, 5.41) is 6.87. The number of halogens is 1. The van der Waals surface area contributed by atoms with Crippen LogP contribution in [0.3, 0.4) is 0 Å². The van der Waals surface area contributed by atoms with Crippen LogP contribution in [0.4, 0.5) is 0 Å². The smallest absolute Gasteiger partial charge is 0.213 e. The maximum absolute atomic E-state index is 5.51. The summed E-state index contributed by atoms with van der Waals surface area (Å²) in [6, 6.07) is 14.9. The molecule has 2 heterocycles. The minimum Gasteiger partial charge on any atom is -0.475 e. The highest BCUT2D eigenvalue weighted by molar-refractivity contribution is 14.0. The number of benzene rings is 1. The van der Waals surface area contributed by atoms with Gasteiger partial charge in [0.05, 0.1) is 12.6 Å². The Labute approximate surface area is 202 Å². The summed E-state index contributed by atoms with van der Waals surface area (Å²) in [4.78, 5) is 11.3. The van der Waals surface area contributed by atoms with Crippen molar-refractivity contribution in [3.8, 4) is 5.88 Å². The number of guanidine groups is 1. The average Bonchev–Trinajstić information content (AvgIpc) is 3.32. The van der Waals surface area contributed by atoms with Gasteiger partial charge in [0, 0.05) is 39.5 Å². The molecule has 1 atom stereocenters. The molecule has 3 rings (SSSR count). The number of hydrogen-bond acceptors (Lipinski definition) is 5. The van der Waals surface area contributed by atoms with E-state index in [9.17, 15) is 0 Å². The molecule has 7 nitrogen and oxygen atoms in total. The first-order chi connectivity index (χ1) is 14.8. The van der Waals surface area contributed by atoms with E-state index in [-0.39, 0.29) is 24.0 Å². The van der Waals surface area contributed by atoms with Crippen molar-refractivity contribution >= 4 is 29.9 Å². The van der Waals surface area contributed by atoms with E-state index in [1.807, 2.05) is 18.3 Å². The maximum Gasteiger partial charge on any atom is 0.213 e. The lowest BCUT2D eigenvalue weighted by atomic mass is 10.1. The molecule has 0 spiro atoms. The zero-order valence-electron chi connectivity index (χ0n) is 18.4. The predicted octanol–water partition coefficient (Wildman–Crippen LogP) is 3.23. The van der Waals surface area contributed by atoms with Gasteiger partial charge in [0.1, 0.15) is 6.61 Å². The van der Waals surface area contributed by atoms with Crippen molar-refractivity contribution in [3.63, 3.8) is 0 Å². The third-order valence-electron chi connectivity index (χ3n) is 5.25. The first-order valence-electron chi connectivity index (χ1n) is 10.6. The summed E-state index contributed by atoms with van der Waals surface area (Å²) >= 11 is 0. The number of methoxy groups -OCH3 is 1. The fourth-order valence-corrected chi connectivity index (χ4v) is 3.62. The molecule has 1 unspecified atom stereocenters. The Bertz CT molecular complexity index is 767. The monoisotopic (exact) mass is 539 g/mol. The lowest BCUT2D eigenvalue weighted by molar-refractivity contribution is 0.143. The number of nitrogens with zero attached hydrogens (tertiary/aromatic N) is 3. The molecule has 170 valence electrons. The fourth-order valence-electron chi connectivity index (χ4n) is 3.62. The predicted molar refractivity (Wildman–Crippen MR) is 135 cm³/mol. The van der Waals surface area contributed by atoms with E-state index in [0.29, 0.717) is 31.7 Å². The lowest BCUT2D eigenvalue weighted by Gasteiger charge is -2.29. The normalized spacial score (nSPS) is 15.2. The van der Waals surface area contributed by atoms with Crippen molar-refractivity contribution in [1.29, 1.82) is 0 Å². The Kier molecular flexibility index (Phi) is 11.6. The molecule has 2 aromatic rings. The van der Waals surface area contributed by atoms with Crippen molar-refractivity contribution in [1.82, 2.24) is 20.5 Å². The van der Waals surface area contributed by atoms with Crippen LogP contribution in [-0.4, -0.2) is 62.8 Å². The van der Waals surface area contributed by atoms with Gasteiger partial charge >= 0.3 is 0 Å². The van der Waals surface area contributed by atoms with Crippen molar-refractivity contribution in [3.05, 3.63) is 59.8 Å². The summed E-state index contributed by atoms with van der Waals surface area (Å²) in [6.45, 7) is 4.81. The molecule has 0 bridgehead atoms. The van der Waals surface area contributed by atoms with Crippen LogP contribution in [0.15, 0.2) is 53.7 Å². The molecule has 0 saturated carbocycles. The van der Waals surface area contributed by atoms with Crippen LogP contribution in [0, 0.1) is 0 Å². The van der Waals surface area contributed by atoms with Crippen molar-refractivity contribution in [2.75, 3.05) is 47.0 Å². The molecule has 0 amide bonds. The molecule has 0 radical (unpaired) electrons. The number of ether oxygens (including phenoxy) is 2. The molecule has 1 saturated heterocycles. The van der Waals surface area contributed by atoms with Crippen molar-refractivity contribution in [2.24, 2.45) is 4.99 Å². The van der Waals surface area contributed by atoms with Gasteiger partial charge in [-0.15, -0.1) is 24.0 Å². The number of hydrogen-bond donors (Lipinski definition) is 2. The van der Waals surface area contributed by atoms with Crippen molar-refractivity contribution in [2.45, 2.75) is 25.4 Å². The second-order valence-corrected chi connectivity index (χ2v) is 7.32. The van der Waals surface area contributed by atoms with Crippen LogP contribution < -0.4 is 15.4 Å². The Hall–Kier alpha value is -1.91. The molecule has 1 aliphatic heterocycles. The Balaban J connectivity index is 0.00000341. The molecule has 1 aromatic heterocycles. The quantitative estimate of drug-likeness (QED) is 0.209. The van der Waals surface area contributed by atoms with Gasteiger partial charge in [0.25, 0.3) is 0 Å².